The fourth-order valence-corrected chi connectivity index (χ4v) is 3.02. The van der Waals surface area contributed by atoms with Crippen molar-refractivity contribution in [2.75, 3.05) is 0 Å². The summed E-state index contributed by atoms with van der Waals surface area (Å²) < 4.78 is 16.8. The highest BCUT2D eigenvalue weighted by Gasteiger charge is 2.17. The van der Waals surface area contributed by atoms with Crippen LogP contribution in [-0.4, -0.2) is 30.3 Å². The van der Waals surface area contributed by atoms with Gasteiger partial charge >= 0.3 is 0 Å². The smallest absolute Gasteiger partial charge is 0.267 e. The molecule has 29 heavy (non-hydrogen) atoms. The third-order valence-corrected chi connectivity index (χ3v) is 4.41. The molecule has 0 aliphatic heterocycles. The molecular weight excluding hydrogens is 375 g/mol. The molecule has 0 spiro atoms. The molecular formula is C20H17FN6O2. The largest absolute Gasteiger partial charge is 0.345 e. The number of hydrogen-bond acceptors (Lipinski definition) is 5. The topological polar surface area (TPSA) is 94.2 Å². The first-order valence-electron chi connectivity index (χ1n) is 8.95. The van der Waals surface area contributed by atoms with Crippen LogP contribution < -0.4 is 10.9 Å². The minimum Gasteiger partial charge on any atom is -0.345 e. The van der Waals surface area contributed by atoms with Gasteiger partial charge in [0.2, 0.25) is 5.91 Å². The van der Waals surface area contributed by atoms with Gasteiger partial charge in [-0.15, -0.1) is 10.2 Å². The summed E-state index contributed by atoms with van der Waals surface area (Å²) in [6.07, 6.45) is 1.80. The normalized spacial score (nSPS) is 12.1. The van der Waals surface area contributed by atoms with Crippen LogP contribution >= 0.6 is 0 Å². The van der Waals surface area contributed by atoms with Gasteiger partial charge in [0.15, 0.2) is 11.5 Å². The van der Waals surface area contributed by atoms with E-state index in [1.165, 1.54) is 18.2 Å². The monoisotopic (exact) mass is 392 g/mol. The average Bonchev–Trinajstić information content (AvgIpc) is 3.14. The summed E-state index contributed by atoms with van der Waals surface area (Å²) in [6, 6.07) is 13.9. The first-order chi connectivity index (χ1) is 14.0. The van der Waals surface area contributed by atoms with Crippen LogP contribution in [0.3, 0.4) is 0 Å². The number of carbonyl (C=O) groups excluding carboxylic acids is 1. The number of hydrogen-bond donors (Lipinski definition) is 1. The Morgan fingerprint density at radius 3 is 2.72 bits per heavy atom. The first-order valence-corrected chi connectivity index (χ1v) is 8.95. The molecule has 1 aromatic carbocycles. The van der Waals surface area contributed by atoms with E-state index in [1.807, 2.05) is 18.2 Å². The first kappa shape index (κ1) is 18.5. The zero-order valence-electron chi connectivity index (χ0n) is 15.5. The molecule has 0 saturated heterocycles. The summed E-state index contributed by atoms with van der Waals surface area (Å²) in [7, 11) is 0. The van der Waals surface area contributed by atoms with Crippen molar-refractivity contribution < 1.29 is 9.18 Å². The van der Waals surface area contributed by atoms with Gasteiger partial charge in [0.05, 0.1) is 11.7 Å². The molecule has 0 saturated carbocycles. The van der Waals surface area contributed by atoms with Gasteiger partial charge in [-0.2, -0.15) is 5.10 Å². The van der Waals surface area contributed by atoms with Crippen molar-refractivity contribution in [2.45, 2.75) is 19.5 Å². The molecule has 1 N–H and O–H groups in total. The van der Waals surface area contributed by atoms with Crippen LogP contribution in [0.1, 0.15) is 18.8 Å². The maximum absolute atomic E-state index is 14.0. The minimum absolute atomic E-state index is 0.255. The summed E-state index contributed by atoms with van der Waals surface area (Å²) in [4.78, 5) is 24.6. The van der Waals surface area contributed by atoms with Crippen molar-refractivity contribution in [1.82, 2.24) is 29.7 Å². The average molecular weight is 392 g/mol. The second kappa shape index (κ2) is 7.63. The molecule has 8 nitrogen and oxygen atoms in total. The molecule has 0 bridgehead atoms. The van der Waals surface area contributed by atoms with Crippen molar-refractivity contribution in [1.29, 1.82) is 0 Å². The number of fused-ring (bicyclic) bond motifs is 1. The van der Waals surface area contributed by atoms with Crippen LogP contribution in [0.5, 0.6) is 0 Å². The van der Waals surface area contributed by atoms with E-state index in [1.54, 1.807) is 35.7 Å². The maximum Gasteiger partial charge on any atom is 0.267 e. The predicted molar refractivity (Wildman–Crippen MR) is 103 cm³/mol. The van der Waals surface area contributed by atoms with E-state index in [-0.39, 0.29) is 17.8 Å². The highest BCUT2D eigenvalue weighted by Crippen LogP contribution is 2.19. The summed E-state index contributed by atoms with van der Waals surface area (Å²) >= 11 is 0. The quantitative estimate of drug-likeness (QED) is 0.560. The zero-order chi connectivity index (χ0) is 20.4. The number of aromatic nitrogens is 5. The fraction of sp³-hybridized carbons (Fsp3) is 0.150. The predicted octanol–water partition coefficient (Wildman–Crippen LogP) is 1.97. The molecule has 9 heteroatoms. The minimum atomic E-state index is -0.458. The molecule has 146 valence electrons. The van der Waals surface area contributed by atoms with Crippen molar-refractivity contribution >= 4 is 11.6 Å². The van der Waals surface area contributed by atoms with Crippen molar-refractivity contribution in [2.24, 2.45) is 0 Å². The molecule has 1 atom stereocenters. The summed E-state index contributed by atoms with van der Waals surface area (Å²) in [5.74, 6) is -0.318. The van der Waals surface area contributed by atoms with E-state index < -0.39 is 23.3 Å². The maximum atomic E-state index is 14.0. The number of halogens is 1. The number of nitrogens with one attached hydrogen (secondary N) is 1. The number of rotatable bonds is 5. The Kier molecular flexibility index (Phi) is 4.86. The van der Waals surface area contributed by atoms with Crippen LogP contribution in [0.25, 0.3) is 16.9 Å². The Bertz CT molecular complexity index is 1250. The highest BCUT2D eigenvalue weighted by atomic mass is 19.1. The van der Waals surface area contributed by atoms with Crippen molar-refractivity contribution in [3.05, 3.63) is 82.8 Å². The molecule has 0 aliphatic rings. The van der Waals surface area contributed by atoms with E-state index in [9.17, 15) is 14.0 Å². The van der Waals surface area contributed by atoms with Crippen LogP contribution in [0.4, 0.5) is 4.39 Å². The van der Waals surface area contributed by atoms with Crippen LogP contribution in [0.15, 0.2) is 65.6 Å². The lowest BCUT2D eigenvalue weighted by molar-refractivity contribution is -0.122. The molecule has 0 radical (unpaired) electrons. The van der Waals surface area contributed by atoms with Gasteiger partial charge in [-0.3, -0.25) is 14.0 Å². The van der Waals surface area contributed by atoms with Crippen LogP contribution in [0, 0.1) is 5.82 Å². The summed E-state index contributed by atoms with van der Waals surface area (Å²) in [5, 5.41) is 15.1. The summed E-state index contributed by atoms with van der Waals surface area (Å²) in [6.45, 7) is 1.47. The number of nitrogens with zero attached hydrogens (tertiary/aromatic N) is 5. The molecule has 4 aromatic rings. The van der Waals surface area contributed by atoms with Gasteiger partial charge < -0.3 is 5.32 Å². The number of amides is 1. The lowest BCUT2D eigenvalue weighted by atomic mass is 10.1. The van der Waals surface area contributed by atoms with Crippen molar-refractivity contribution in [3.8, 4) is 11.3 Å². The van der Waals surface area contributed by atoms with Gasteiger partial charge in [-0.25, -0.2) is 9.07 Å². The Morgan fingerprint density at radius 2 is 1.90 bits per heavy atom. The second-order valence-electron chi connectivity index (χ2n) is 6.47. The van der Waals surface area contributed by atoms with Crippen LogP contribution in [-0.2, 0) is 11.3 Å². The van der Waals surface area contributed by atoms with E-state index in [2.05, 4.69) is 20.6 Å². The molecule has 1 amide bonds. The van der Waals surface area contributed by atoms with E-state index in [4.69, 9.17) is 0 Å². The van der Waals surface area contributed by atoms with Gasteiger partial charge in [0.25, 0.3) is 5.56 Å². The van der Waals surface area contributed by atoms with Gasteiger partial charge in [-0.1, -0.05) is 18.2 Å². The van der Waals surface area contributed by atoms with Crippen molar-refractivity contribution in [3.63, 3.8) is 0 Å². The van der Waals surface area contributed by atoms with E-state index in [0.717, 1.165) is 4.68 Å². The van der Waals surface area contributed by atoms with Gasteiger partial charge in [0, 0.05) is 17.8 Å². The van der Waals surface area contributed by atoms with E-state index in [0.29, 0.717) is 11.5 Å². The Balaban J connectivity index is 1.53. The molecule has 4 rings (SSSR count). The molecule has 0 aliphatic carbocycles. The number of pyridine rings is 1. The molecule has 0 unspecified atom stereocenters. The second-order valence-corrected chi connectivity index (χ2v) is 6.47. The summed E-state index contributed by atoms with van der Waals surface area (Å²) in [5.41, 5.74) is 0.733. The Labute approximate surface area is 164 Å². The lowest BCUT2D eigenvalue weighted by Gasteiger charge is -2.13. The number of carbonyl (C=O) groups is 1. The number of benzene rings is 1. The SMILES string of the molecule is C[C@H](NC(=O)Cn1nc(-c2ccccc2F)ccc1=O)c1nnc2ccccn12. The molecule has 0 fully saturated rings. The molecule has 3 heterocycles. The van der Waals surface area contributed by atoms with Crippen LogP contribution in [0.2, 0.25) is 0 Å². The lowest BCUT2D eigenvalue weighted by Crippen LogP contribution is -2.35. The Hall–Kier alpha value is -3.88. The van der Waals surface area contributed by atoms with Gasteiger partial charge in [-0.05, 0) is 37.3 Å². The van der Waals surface area contributed by atoms with E-state index >= 15 is 0 Å². The third-order valence-electron chi connectivity index (χ3n) is 4.41. The zero-order valence-corrected chi connectivity index (χ0v) is 15.5. The standard InChI is InChI=1S/C20H17FN6O2/c1-13(20-24-23-17-8-4-5-11-26(17)20)22-18(28)12-27-19(29)10-9-16(25-27)14-6-2-3-7-15(14)21/h2-11,13H,12H2,1H3,(H,22,28)/t13-/m0/s1. The third kappa shape index (κ3) is 3.75. The molecule has 3 aromatic heterocycles. The van der Waals surface area contributed by atoms with Gasteiger partial charge in [0.1, 0.15) is 12.4 Å². The Morgan fingerprint density at radius 1 is 1.10 bits per heavy atom. The fourth-order valence-electron chi connectivity index (χ4n) is 3.02. The highest BCUT2D eigenvalue weighted by molar-refractivity contribution is 5.76.